The second kappa shape index (κ2) is 6.66. The Morgan fingerprint density at radius 3 is 3.00 bits per heavy atom. The van der Waals surface area contributed by atoms with Gasteiger partial charge in [-0.05, 0) is 44.4 Å². The van der Waals surface area contributed by atoms with Crippen molar-refractivity contribution in [2.45, 2.75) is 45.2 Å². The maximum Gasteiger partial charge on any atom is 0.220 e. The maximum atomic E-state index is 12.0. The van der Waals surface area contributed by atoms with E-state index in [1.165, 1.54) is 0 Å². The number of hydrogen-bond acceptors (Lipinski definition) is 3. The van der Waals surface area contributed by atoms with E-state index < -0.39 is 0 Å². The molecule has 0 aliphatic carbocycles. The predicted molar refractivity (Wildman–Crippen MR) is 75.7 cm³/mol. The number of nitrogens with zero attached hydrogens (tertiary/aromatic N) is 1. The van der Waals surface area contributed by atoms with Gasteiger partial charge in [0.1, 0.15) is 0 Å². The molecule has 4 heteroatoms. The smallest absolute Gasteiger partial charge is 0.220 e. The zero-order valence-corrected chi connectivity index (χ0v) is 11.7. The van der Waals surface area contributed by atoms with E-state index >= 15 is 0 Å². The fourth-order valence-electron chi connectivity index (χ4n) is 2.65. The summed E-state index contributed by atoms with van der Waals surface area (Å²) in [6.07, 6.45) is 4.10. The van der Waals surface area contributed by atoms with Gasteiger partial charge in [-0.1, -0.05) is 13.0 Å². The summed E-state index contributed by atoms with van der Waals surface area (Å²) in [6.45, 7) is 5.39. The van der Waals surface area contributed by atoms with Crippen molar-refractivity contribution in [1.29, 1.82) is 0 Å². The number of hydrogen-bond donors (Lipinski definition) is 2. The number of piperidine rings is 1. The molecule has 4 nitrogen and oxygen atoms in total. The highest BCUT2D eigenvalue weighted by atomic mass is 16.1. The van der Waals surface area contributed by atoms with Gasteiger partial charge in [-0.3, -0.25) is 9.78 Å². The van der Waals surface area contributed by atoms with Crippen molar-refractivity contribution in [2.75, 3.05) is 6.54 Å². The molecule has 0 spiro atoms. The van der Waals surface area contributed by atoms with Gasteiger partial charge in [-0.15, -0.1) is 0 Å². The summed E-state index contributed by atoms with van der Waals surface area (Å²) in [5, 5.41) is 6.57. The summed E-state index contributed by atoms with van der Waals surface area (Å²) >= 11 is 0. The lowest BCUT2D eigenvalue weighted by Crippen LogP contribution is -2.55. The Hall–Kier alpha value is -1.42. The fraction of sp³-hybridized carbons (Fsp3) is 0.600. The average molecular weight is 261 g/mol. The number of nitrogens with one attached hydrogen (secondary N) is 2. The molecular weight excluding hydrogens is 238 g/mol. The number of aromatic nitrogens is 1. The minimum atomic E-state index is 0.123. The van der Waals surface area contributed by atoms with Crippen LogP contribution < -0.4 is 10.6 Å². The highest BCUT2D eigenvalue weighted by Gasteiger charge is 2.28. The molecule has 1 aromatic rings. The summed E-state index contributed by atoms with van der Waals surface area (Å²) in [7, 11) is 0. The number of rotatable bonds is 4. The molecule has 1 fully saturated rings. The van der Waals surface area contributed by atoms with Gasteiger partial charge in [0, 0.05) is 30.4 Å². The molecule has 1 amide bonds. The van der Waals surface area contributed by atoms with E-state index in [9.17, 15) is 4.79 Å². The lowest BCUT2D eigenvalue weighted by Gasteiger charge is -2.36. The Balaban J connectivity index is 1.80. The van der Waals surface area contributed by atoms with E-state index in [-0.39, 0.29) is 11.9 Å². The molecule has 3 atom stereocenters. The molecule has 0 radical (unpaired) electrons. The Labute approximate surface area is 115 Å². The standard InChI is InChI=1S/C15H23N3O/c1-11-8-10-16-12(2)15(11)18-14(19)7-6-13-5-3-4-9-17-13/h3-5,9,11-12,15-16H,6-8,10H2,1-2H3,(H,18,19). The van der Waals surface area contributed by atoms with Gasteiger partial charge in [0.05, 0.1) is 0 Å². The number of amides is 1. The van der Waals surface area contributed by atoms with Crippen LogP contribution in [0.5, 0.6) is 0 Å². The van der Waals surface area contributed by atoms with Crippen LogP contribution in [0.2, 0.25) is 0 Å². The normalized spacial score (nSPS) is 26.9. The van der Waals surface area contributed by atoms with Gasteiger partial charge in [-0.2, -0.15) is 0 Å². The number of aryl methyl sites for hydroxylation is 1. The topological polar surface area (TPSA) is 54.0 Å². The average Bonchev–Trinajstić information content (AvgIpc) is 2.42. The van der Waals surface area contributed by atoms with Crippen LogP contribution in [0.4, 0.5) is 0 Å². The molecule has 1 aliphatic rings. The first kappa shape index (κ1) is 14.0. The second-order valence-corrected chi connectivity index (χ2v) is 5.42. The molecule has 2 rings (SSSR count). The van der Waals surface area contributed by atoms with E-state index in [0.717, 1.165) is 18.7 Å². The van der Waals surface area contributed by atoms with Crippen LogP contribution in [0.1, 0.15) is 32.4 Å². The van der Waals surface area contributed by atoms with Crippen molar-refractivity contribution >= 4 is 5.91 Å². The third-order valence-electron chi connectivity index (χ3n) is 3.88. The molecule has 19 heavy (non-hydrogen) atoms. The first-order chi connectivity index (χ1) is 9.16. The summed E-state index contributed by atoms with van der Waals surface area (Å²) in [5.74, 6) is 0.660. The molecule has 104 valence electrons. The van der Waals surface area contributed by atoms with Gasteiger partial charge < -0.3 is 10.6 Å². The summed E-state index contributed by atoms with van der Waals surface area (Å²) in [4.78, 5) is 16.2. The van der Waals surface area contributed by atoms with Crippen LogP contribution in [-0.2, 0) is 11.2 Å². The van der Waals surface area contributed by atoms with Crippen molar-refractivity contribution in [2.24, 2.45) is 5.92 Å². The van der Waals surface area contributed by atoms with E-state index in [2.05, 4.69) is 29.5 Å². The Bertz CT molecular complexity index is 397. The number of carbonyl (C=O) groups excluding carboxylic acids is 1. The first-order valence-electron chi connectivity index (χ1n) is 7.09. The van der Waals surface area contributed by atoms with Gasteiger partial charge >= 0.3 is 0 Å². The van der Waals surface area contributed by atoms with Crippen molar-refractivity contribution in [1.82, 2.24) is 15.6 Å². The third kappa shape index (κ3) is 4.03. The lowest BCUT2D eigenvalue weighted by atomic mass is 9.89. The molecule has 3 unspecified atom stereocenters. The number of pyridine rings is 1. The summed E-state index contributed by atoms with van der Waals surface area (Å²) in [5.41, 5.74) is 0.973. The lowest BCUT2D eigenvalue weighted by molar-refractivity contribution is -0.122. The van der Waals surface area contributed by atoms with Crippen LogP contribution >= 0.6 is 0 Å². The zero-order valence-electron chi connectivity index (χ0n) is 11.7. The summed E-state index contributed by atoms with van der Waals surface area (Å²) < 4.78 is 0. The van der Waals surface area contributed by atoms with Gasteiger partial charge in [0.25, 0.3) is 0 Å². The molecule has 2 N–H and O–H groups in total. The maximum absolute atomic E-state index is 12.0. The molecular formula is C15H23N3O. The zero-order chi connectivity index (χ0) is 13.7. The van der Waals surface area contributed by atoms with Crippen LogP contribution in [0.25, 0.3) is 0 Å². The Kier molecular flexibility index (Phi) is 4.91. The second-order valence-electron chi connectivity index (χ2n) is 5.42. The summed E-state index contributed by atoms with van der Waals surface area (Å²) in [6, 6.07) is 6.39. The minimum absolute atomic E-state index is 0.123. The van der Waals surface area contributed by atoms with Crippen LogP contribution in [0.3, 0.4) is 0 Å². The fourth-order valence-corrected chi connectivity index (χ4v) is 2.65. The van der Waals surface area contributed by atoms with Crippen molar-refractivity contribution < 1.29 is 4.79 Å². The van der Waals surface area contributed by atoms with Crippen molar-refractivity contribution in [3.63, 3.8) is 0 Å². The Morgan fingerprint density at radius 1 is 1.47 bits per heavy atom. The highest BCUT2D eigenvalue weighted by Crippen LogP contribution is 2.16. The first-order valence-corrected chi connectivity index (χ1v) is 7.09. The monoisotopic (exact) mass is 261 g/mol. The van der Waals surface area contributed by atoms with E-state index in [1.807, 2.05) is 18.2 Å². The van der Waals surface area contributed by atoms with Crippen LogP contribution in [0, 0.1) is 5.92 Å². The quantitative estimate of drug-likeness (QED) is 0.864. The number of carbonyl (C=O) groups is 1. The Morgan fingerprint density at radius 2 is 2.32 bits per heavy atom. The largest absolute Gasteiger partial charge is 0.352 e. The SMILES string of the molecule is CC1CCNC(C)C1NC(=O)CCc1ccccn1. The van der Waals surface area contributed by atoms with Crippen LogP contribution in [-0.4, -0.2) is 29.5 Å². The van der Waals surface area contributed by atoms with E-state index in [1.54, 1.807) is 6.20 Å². The van der Waals surface area contributed by atoms with Crippen molar-refractivity contribution in [3.05, 3.63) is 30.1 Å². The molecule has 0 aromatic carbocycles. The molecule has 0 saturated carbocycles. The van der Waals surface area contributed by atoms with E-state index in [0.29, 0.717) is 24.8 Å². The predicted octanol–water partition coefficient (Wildman–Crippen LogP) is 1.52. The molecule has 0 bridgehead atoms. The van der Waals surface area contributed by atoms with Crippen LogP contribution in [0.15, 0.2) is 24.4 Å². The molecule has 1 aromatic heterocycles. The molecule has 2 heterocycles. The van der Waals surface area contributed by atoms with E-state index in [4.69, 9.17) is 0 Å². The van der Waals surface area contributed by atoms with Crippen molar-refractivity contribution in [3.8, 4) is 0 Å². The van der Waals surface area contributed by atoms with Gasteiger partial charge in [-0.25, -0.2) is 0 Å². The van der Waals surface area contributed by atoms with Gasteiger partial charge in [0.15, 0.2) is 0 Å². The van der Waals surface area contributed by atoms with Gasteiger partial charge in [0.2, 0.25) is 5.91 Å². The third-order valence-corrected chi connectivity index (χ3v) is 3.88. The minimum Gasteiger partial charge on any atom is -0.352 e. The highest BCUT2D eigenvalue weighted by molar-refractivity contribution is 5.76. The molecule has 1 aliphatic heterocycles. The molecule has 1 saturated heterocycles.